The van der Waals surface area contributed by atoms with Crippen LogP contribution in [0.25, 0.3) is 16.5 Å². The van der Waals surface area contributed by atoms with Crippen molar-refractivity contribution >= 4 is 28.5 Å². The van der Waals surface area contributed by atoms with Crippen LogP contribution in [-0.4, -0.2) is 67.0 Å². The summed E-state index contributed by atoms with van der Waals surface area (Å²) in [5, 5.41) is 1.11. The van der Waals surface area contributed by atoms with Crippen molar-refractivity contribution in [3.8, 4) is 0 Å². The van der Waals surface area contributed by atoms with Crippen LogP contribution in [-0.2, 0) is 4.74 Å². The molecular weight excluding hydrogens is 501 g/mol. The Hall–Kier alpha value is -2.71. The van der Waals surface area contributed by atoms with E-state index in [1.165, 1.54) is 18.0 Å². The maximum atomic E-state index is 14.2. The Labute approximate surface area is 227 Å². The molecule has 6 rings (SSSR count). The molecule has 2 fully saturated rings. The number of H-pyrrole nitrogens is 1. The van der Waals surface area contributed by atoms with Gasteiger partial charge in [-0.3, -0.25) is 4.99 Å². The van der Waals surface area contributed by atoms with Crippen LogP contribution in [0.15, 0.2) is 45.9 Å². The average Bonchev–Trinajstić information content (AvgIpc) is 3.46. The molecule has 8 heteroatoms. The molecule has 0 bridgehead atoms. The van der Waals surface area contributed by atoms with Crippen molar-refractivity contribution in [2.45, 2.75) is 70.5 Å². The largest absolute Gasteiger partial charge is 0.418 e. The van der Waals surface area contributed by atoms with Gasteiger partial charge in [0, 0.05) is 28.6 Å². The quantitative estimate of drug-likeness (QED) is 0.445. The number of aromatic nitrogens is 1. The Morgan fingerprint density at radius 1 is 1.15 bits per heavy atom. The maximum Gasteiger partial charge on any atom is 0.418 e. The first-order valence-corrected chi connectivity index (χ1v) is 14.2. The summed E-state index contributed by atoms with van der Waals surface area (Å²) in [4.78, 5) is 14.3. The highest BCUT2D eigenvalue weighted by Gasteiger charge is 2.41. The van der Waals surface area contributed by atoms with Crippen molar-refractivity contribution in [3.05, 3.63) is 52.7 Å². The van der Waals surface area contributed by atoms with E-state index in [2.05, 4.69) is 58.8 Å². The second-order valence-corrected chi connectivity index (χ2v) is 12.3. The summed E-state index contributed by atoms with van der Waals surface area (Å²) in [6.45, 7) is 11.5. The number of rotatable bonds is 5. The molecule has 0 saturated carbocycles. The molecule has 1 aromatic carbocycles. The van der Waals surface area contributed by atoms with Gasteiger partial charge in [0.2, 0.25) is 0 Å². The number of ether oxygens (including phenoxy) is 1. The van der Waals surface area contributed by atoms with Crippen molar-refractivity contribution in [2.75, 3.05) is 32.8 Å². The van der Waals surface area contributed by atoms with Gasteiger partial charge >= 0.3 is 6.18 Å². The zero-order chi connectivity index (χ0) is 27.4. The van der Waals surface area contributed by atoms with E-state index in [0.29, 0.717) is 29.7 Å². The third kappa shape index (κ3) is 5.13. The van der Waals surface area contributed by atoms with Crippen LogP contribution in [0.1, 0.15) is 75.1 Å². The molecule has 5 nitrogen and oxygen atoms in total. The lowest BCUT2D eigenvalue weighted by Crippen LogP contribution is -2.50. The fourth-order valence-corrected chi connectivity index (χ4v) is 6.70. The monoisotopic (exact) mass is 538 g/mol. The first kappa shape index (κ1) is 26.5. The molecule has 2 aromatic rings. The van der Waals surface area contributed by atoms with Crippen molar-refractivity contribution in [2.24, 2.45) is 15.4 Å². The van der Waals surface area contributed by atoms with Gasteiger partial charge in [-0.1, -0.05) is 32.9 Å². The first-order valence-electron chi connectivity index (χ1n) is 14.2. The molecule has 39 heavy (non-hydrogen) atoms. The van der Waals surface area contributed by atoms with Gasteiger partial charge in [-0.15, -0.1) is 0 Å². The number of allylic oxidation sites excluding steroid dienone is 3. The van der Waals surface area contributed by atoms with Gasteiger partial charge in [-0.25, -0.2) is 4.99 Å². The van der Waals surface area contributed by atoms with E-state index in [1.807, 2.05) is 6.08 Å². The summed E-state index contributed by atoms with van der Waals surface area (Å²) >= 11 is 0. The molecule has 1 aromatic heterocycles. The third-order valence-electron chi connectivity index (χ3n) is 8.74. The molecule has 4 aliphatic rings. The number of benzene rings is 1. The zero-order valence-electron chi connectivity index (χ0n) is 22.9. The Kier molecular flexibility index (Phi) is 6.82. The van der Waals surface area contributed by atoms with Gasteiger partial charge in [0.05, 0.1) is 30.5 Å². The second kappa shape index (κ2) is 10.0. The van der Waals surface area contributed by atoms with Crippen LogP contribution in [0.5, 0.6) is 0 Å². The number of nitrogens with zero attached hydrogens (tertiary/aromatic N) is 3. The predicted octanol–water partition coefficient (Wildman–Crippen LogP) is 7.02. The van der Waals surface area contributed by atoms with Crippen molar-refractivity contribution in [1.29, 1.82) is 0 Å². The normalized spacial score (nSPS) is 24.2. The standard InChI is InChI=1S/C31H37F3N4O/c1-19(2)27-23-13-21(20-9-11-38(12-10-20)15-30(3)16-39-17-30)7-8-25(23)37-28(27)22-5-4-6-26-29(36-18-35-26)24(14-22)31(32,33)34/h5,7-8,13-14,18-20,26,37H,4,6,9-12,15-17H2,1-3H3. The summed E-state index contributed by atoms with van der Waals surface area (Å²) in [5.74, 6) is 0.634. The minimum atomic E-state index is -4.50. The van der Waals surface area contributed by atoms with Crippen molar-refractivity contribution < 1.29 is 17.9 Å². The highest BCUT2D eigenvalue weighted by Crippen LogP contribution is 2.40. The van der Waals surface area contributed by atoms with E-state index < -0.39 is 17.8 Å². The highest BCUT2D eigenvalue weighted by molar-refractivity contribution is 6.12. The lowest BCUT2D eigenvalue weighted by molar-refractivity contribution is -0.116. The number of nitrogens with one attached hydrogen (secondary N) is 1. The Morgan fingerprint density at radius 2 is 1.92 bits per heavy atom. The maximum absolute atomic E-state index is 14.2. The summed E-state index contributed by atoms with van der Waals surface area (Å²) in [5.41, 5.74) is 4.36. The molecule has 4 heterocycles. The number of alkyl halides is 3. The average molecular weight is 539 g/mol. The molecule has 1 atom stereocenters. The minimum Gasteiger partial charge on any atom is -0.380 e. The second-order valence-electron chi connectivity index (χ2n) is 12.3. The molecule has 0 radical (unpaired) electrons. The summed E-state index contributed by atoms with van der Waals surface area (Å²) in [6, 6.07) is 6.07. The molecule has 1 unspecified atom stereocenters. The van der Waals surface area contributed by atoms with Gasteiger partial charge in [-0.2, -0.15) is 13.2 Å². The van der Waals surface area contributed by atoms with Gasteiger partial charge in [0.25, 0.3) is 0 Å². The number of likely N-dealkylation sites (tertiary alicyclic amines) is 1. The molecule has 1 aliphatic carbocycles. The highest BCUT2D eigenvalue weighted by atomic mass is 19.4. The Balaban J connectivity index is 1.31. The van der Waals surface area contributed by atoms with Gasteiger partial charge in [-0.05, 0) is 85.5 Å². The number of halogens is 3. The number of aliphatic imine (C=N–C) groups is 2. The number of hydrogen-bond acceptors (Lipinski definition) is 4. The number of fused-ring (bicyclic) bond motifs is 2. The summed E-state index contributed by atoms with van der Waals surface area (Å²) in [7, 11) is 0. The Morgan fingerprint density at radius 3 is 2.59 bits per heavy atom. The molecule has 2 saturated heterocycles. The topological polar surface area (TPSA) is 53.0 Å². The zero-order valence-corrected chi connectivity index (χ0v) is 22.9. The summed E-state index contributed by atoms with van der Waals surface area (Å²) in [6.07, 6.45) is 3.35. The molecular formula is C31H37F3N4O. The summed E-state index contributed by atoms with van der Waals surface area (Å²) < 4.78 is 48.0. The molecule has 0 amide bonds. The van der Waals surface area contributed by atoms with Crippen molar-refractivity contribution in [1.82, 2.24) is 9.88 Å². The van der Waals surface area contributed by atoms with E-state index >= 15 is 0 Å². The Bertz CT molecular complexity index is 1370. The number of aromatic amines is 1. The fraction of sp³-hybridized carbons (Fsp3) is 0.548. The van der Waals surface area contributed by atoms with E-state index in [9.17, 15) is 13.2 Å². The van der Waals surface area contributed by atoms with Crippen LogP contribution in [0.3, 0.4) is 0 Å². The molecule has 208 valence electrons. The minimum absolute atomic E-state index is 0.0303. The SMILES string of the molecule is CC(C)c1c(C2=CCCC3N=CN=C3C(C(F)(F)F)=C2)[nH]c2ccc(C3CCN(CC4(C)COC4)CC3)cc12. The number of piperidine rings is 1. The molecule has 0 spiro atoms. The lowest BCUT2D eigenvalue weighted by Gasteiger charge is -2.43. The smallest absolute Gasteiger partial charge is 0.380 e. The first-order chi connectivity index (χ1) is 18.6. The fourth-order valence-electron chi connectivity index (χ4n) is 6.70. The van der Waals surface area contributed by atoms with E-state index in [0.717, 1.165) is 67.8 Å². The van der Waals surface area contributed by atoms with Crippen molar-refractivity contribution in [3.63, 3.8) is 0 Å². The lowest BCUT2D eigenvalue weighted by atomic mass is 9.84. The van der Waals surface area contributed by atoms with E-state index in [4.69, 9.17) is 4.74 Å². The van der Waals surface area contributed by atoms with E-state index in [-0.39, 0.29) is 11.6 Å². The van der Waals surface area contributed by atoms with Crippen LogP contribution in [0.4, 0.5) is 13.2 Å². The molecule has 1 N–H and O–H groups in total. The predicted molar refractivity (Wildman–Crippen MR) is 151 cm³/mol. The third-order valence-corrected chi connectivity index (χ3v) is 8.74. The number of hydrogen-bond donors (Lipinski definition) is 1. The van der Waals surface area contributed by atoms with Crippen LogP contribution in [0, 0.1) is 5.41 Å². The van der Waals surface area contributed by atoms with Gasteiger partial charge in [0.15, 0.2) is 0 Å². The van der Waals surface area contributed by atoms with Gasteiger partial charge < -0.3 is 14.6 Å². The molecule has 3 aliphatic heterocycles. The van der Waals surface area contributed by atoms with Crippen LogP contribution in [0.2, 0.25) is 0 Å². The van der Waals surface area contributed by atoms with E-state index in [1.54, 1.807) is 0 Å². The van der Waals surface area contributed by atoms with Crippen LogP contribution >= 0.6 is 0 Å². The van der Waals surface area contributed by atoms with Crippen LogP contribution < -0.4 is 0 Å². The van der Waals surface area contributed by atoms with Gasteiger partial charge in [0.1, 0.15) is 6.34 Å².